The van der Waals surface area contributed by atoms with Crippen molar-refractivity contribution in [3.63, 3.8) is 0 Å². The summed E-state index contributed by atoms with van der Waals surface area (Å²) >= 11 is 0. The number of nitrogens with zero attached hydrogens (tertiary/aromatic N) is 6. The first-order valence-corrected chi connectivity index (χ1v) is 34.3. The number of quaternary nitrogens is 1. The molecule has 0 unspecified atom stereocenters. The quantitative estimate of drug-likeness (QED) is 0.0331. The zero-order chi connectivity index (χ0) is 71.1. The van der Waals surface area contributed by atoms with Gasteiger partial charge in [0.15, 0.2) is 23.0 Å². The maximum atomic E-state index is 13.9. The zero-order valence-electron chi connectivity index (χ0n) is 59.5. The lowest BCUT2D eigenvalue weighted by Gasteiger charge is -2.30. The molecule has 0 radical (unpaired) electrons. The summed E-state index contributed by atoms with van der Waals surface area (Å²) in [6.07, 6.45) is 5.14. The number of hydrogen-bond donors (Lipinski definition) is 4. The molecule has 534 valence electrons. The molecule has 0 bridgehead atoms. The summed E-state index contributed by atoms with van der Waals surface area (Å²) in [7, 11) is 17.4. The van der Waals surface area contributed by atoms with Crippen molar-refractivity contribution in [2.45, 2.75) is 114 Å². The summed E-state index contributed by atoms with van der Waals surface area (Å²) in [5, 5.41) is 38.8. The standard InChI is InChI=1S/C34H47N3O7.3C14H19NO3/c1-5-6-16-35(17-7-8-18-37(2,3)4)31(38)21-36-20-26(25-13-15-28-30(19-25)43-22-41-28)32(34(39)40)27(36)14-12-24-10-9-11-29-33(24)44-23-42-29;3*1-9-13(14(16)17)12(8-15(9)2)10-4-6-11(18-3)7-5-10/h9-11,13,15,19,26-27,32H,5-8,12,14,16-18,20-23H2,1-4H3;3*4-7,9,12-13H,8H2,1-3H3,(H,16,17)/p+1/t26-,27+,32-;3*9-,12+,13-/m1000/s1. The Balaban J connectivity index is 0.000000187. The number of rotatable bonds is 24. The van der Waals surface area contributed by atoms with Gasteiger partial charge < -0.3 is 77.7 Å². The molecule has 5 aromatic rings. The number of carbonyl (C=O) groups excluding carboxylic acids is 1. The number of ether oxygens (including phenoxy) is 7. The van der Waals surface area contributed by atoms with Crippen LogP contribution in [-0.4, -0.2) is 233 Å². The molecule has 11 rings (SSSR count). The monoisotopic (exact) mass is 1360 g/mol. The third-order valence-corrected chi connectivity index (χ3v) is 20.9. The van der Waals surface area contributed by atoms with Gasteiger partial charge in [0.25, 0.3) is 0 Å². The van der Waals surface area contributed by atoms with Gasteiger partial charge in [0.1, 0.15) is 17.2 Å². The molecule has 0 spiro atoms. The topological polar surface area (TPSA) is 247 Å². The van der Waals surface area contributed by atoms with Gasteiger partial charge in [-0.2, -0.15) is 0 Å². The highest BCUT2D eigenvalue weighted by Gasteiger charge is 2.49. The smallest absolute Gasteiger partial charge is 0.308 e. The number of benzene rings is 5. The van der Waals surface area contributed by atoms with Crippen molar-refractivity contribution in [2.75, 3.05) is 130 Å². The Morgan fingerprint density at radius 2 is 0.929 bits per heavy atom. The van der Waals surface area contributed by atoms with E-state index >= 15 is 0 Å². The van der Waals surface area contributed by atoms with Crippen LogP contribution in [0.15, 0.2) is 109 Å². The number of likely N-dealkylation sites (tertiary alicyclic amines) is 4. The van der Waals surface area contributed by atoms with Crippen LogP contribution in [0.5, 0.6) is 40.2 Å². The number of fused-ring (bicyclic) bond motifs is 2. The van der Waals surface area contributed by atoms with Crippen LogP contribution in [0.2, 0.25) is 0 Å². The van der Waals surface area contributed by atoms with Crippen molar-refractivity contribution in [1.82, 2.24) is 24.5 Å². The highest BCUT2D eigenvalue weighted by atomic mass is 16.7. The fraction of sp³-hybridized carbons (Fsp3) is 0.539. The first-order chi connectivity index (χ1) is 46.8. The van der Waals surface area contributed by atoms with Crippen LogP contribution >= 0.6 is 0 Å². The molecule has 4 saturated heterocycles. The van der Waals surface area contributed by atoms with Crippen LogP contribution in [0.3, 0.4) is 0 Å². The largest absolute Gasteiger partial charge is 0.497 e. The number of likely N-dealkylation sites (N-methyl/N-ethyl adjacent to an activating group) is 3. The molecule has 22 heteroatoms. The number of para-hydroxylation sites is 1. The second-order valence-electron chi connectivity index (χ2n) is 28.0. The second-order valence-corrected chi connectivity index (χ2v) is 28.0. The number of amides is 1. The molecule has 12 atom stereocenters. The average molecular weight is 1360 g/mol. The van der Waals surface area contributed by atoms with Gasteiger partial charge >= 0.3 is 23.9 Å². The third-order valence-electron chi connectivity index (χ3n) is 20.9. The molecule has 6 aliphatic heterocycles. The van der Waals surface area contributed by atoms with Crippen LogP contribution in [0.25, 0.3) is 0 Å². The maximum Gasteiger partial charge on any atom is 0.308 e. The number of carboxylic acids is 4. The van der Waals surface area contributed by atoms with E-state index < -0.39 is 29.8 Å². The zero-order valence-corrected chi connectivity index (χ0v) is 59.5. The van der Waals surface area contributed by atoms with Crippen LogP contribution in [0.1, 0.15) is 111 Å². The molecule has 1 amide bonds. The Morgan fingerprint density at radius 1 is 0.510 bits per heavy atom. The van der Waals surface area contributed by atoms with Gasteiger partial charge in [-0.25, -0.2) is 0 Å². The van der Waals surface area contributed by atoms with Gasteiger partial charge in [0.2, 0.25) is 19.5 Å². The summed E-state index contributed by atoms with van der Waals surface area (Å²) in [5.74, 6) is 0.333. The Hall–Kier alpha value is -8.15. The molecular weight excluding hydrogens is 1250 g/mol. The van der Waals surface area contributed by atoms with Gasteiger partial charge in [-0.1, -0.05) is 67.9 Å². The number of aliphatic carboxylic acids is 4. The molecule has 0 saturated carbocycles. The van der Waals surface area contributed by atoms with Gasteiger partial charge in [-0.15, -0.1) is 0 Å². The van der Waals surface area contributed by atoms with Gasteiger partial charge in [-0.05, 0) is 156 Å². The maximum absolute atomic E-state index is 13.9. The van der Waals surface area contributed by atoms with E-state index in [-0.39, 0.29) is 91.6 Å². The number of unbranched alkanes of at least 4 members (excludes halogenated alkanes) is 2. The van der Waals surface area contributed by atoms with E-state index in [1.807, 2.05) is 156 Å². The summed E-state index contributed by atoms with van der Waals surface area (Å²) in [6.45, 7) is 13.9. The third kappa shape index (κ3) is 18.8. The molecule has 6 aliphatic rings. The Morgan fingerprint density at radius 3 is 1.37 bits per heavy atom. The number of hydrogen-bond acceptors (Lipinski definition) is 16. The van der Waals surface area contributed by atoms with E-state index in [2.05, 4.69) is 47.7 Å². The molecule has 4 N–H and O–H groups in total. The lowest BCUT2D eigenvalue weighted by molar-refractivity contribution is -0.870. The van der Waals surface area contributed by atoms with Gasteiger partial charge in [0, 0.05) is 87.1 Å². The van der Waals surface area contributed by atoms with Crippen molar-refractivity contribution in [3.8, 4) is 40.2 Å². The lowest BCUT2D eigenvalue weighted by atomic mass is 9.83. The number of methoxy groups -OCH3 is 3. The minimum Gasteiger partial charge on any atom is -0.497 e. The minimum atomic E-state index is -0.853. The van der Waals surface area contributed by atoms with Crippen molar-refractivity contribution in [3.05, 3.63) is 137 Å². The minimum absolute atomic E-state index is 0.0495. The highest BCUT2D eigenvalue weighted by molar-refractivity contribution is 5.79. The molecule has 98 heavy (non-hydrogen) atoms. The summed E-state index contributed by atoms with van der Waals surface area (Å²) < 4.78 is 38.7. The van der Waals surface area contributed by atoms with Gasteiger partial charge in [0.05, 0.1) is 79.2 Å². The molecular formula is C76H105N6O16+. The Kier molecular flexibility index (Phi) is 26.7. The first-order valence-electron chi connectivity index (χ1n) is 34.3. The van der Waals surface area contributed by atoms with E-state index in [4.69, 9.17) is 33.2 Å². The fourth-order valence-electron chi connectivity index (χ4n) is 14.9. The van der Waals surface area contributed by atoms with Crippen molar-refractivity contribution >= 4 is 29.8 Å². The molecule has 22 nitrogen and oxygen atoms in total. The molecule has 0 aliphatic carbocycles. The van der Waals surface area contributed by atoms with Crippen LogP contribution < -0.4 is 33.2 Å². The summed E-state index contributed by atoms with van der Waals surface area (Å²) in [6, 6.07) is 34.5. The number of carbonyl (C=O) groups is 5. The first kappa shape index (κ1) is 75.6. The van der Waals surface area contributed by atoms with E-state index in [9.17, 15) is 44.4 Å². The molecule has 5 aromatic carbocycles. The van der Waals surface area contributed by atoms with Crippen molar-refractivity contribution < 1.29 is 82.0 Å². The summed E-state index contributed by atoms with van der Waals surface area (Å²) in [5.41, 5.74) is 5.09. The molecule has 0 aromatic heterocycles. The van der Waals surface area contributed by atoms with Crippen LogP contribution in [0.4, 0.5) is 0 Å². The normalized spacial score (nSPS) is 24.9. The van der Waals surface area contributed by atoms with Crippen molar-refractivity contribution in [2.24, 2.45) is 23.7 Å². The predicted octanol–water partition coefficient (Wildman–Crippen LogP) is 9.80. The summed E-state index contributed by atoms with van der Waals surface area (Å²) in [4.78, 5) is 71.5. The predicted molar refractivity (Wildman–Crippen MR) is 373 cm³/mol. The SMILES string of the molecule is CCCCN(CCCC[N+](C)(C)C)C(=O)CN1C[C@H](c2ccc3c(c2)OCO3)[C@@H](C(=O)O)[C@@H]1CCc1cccc2c1OCO2.COc1ccc([C@H]2CN(C)[C@@H](C)[C@@H]2C(=O)O)cc1.COc1ccc([C@H]2CN(C)[C@@H](C)[C@@H]2C(=O)O)cc1.COc1ccc([C@H]2CN(C)[C@@H](C)[C@@H]2C(=O)O)cc1. The Labute approximate surface area is 578 Å². The van der Waals surface area contributed by atoms with Crippen molar-refractivity contribution in [1.29, 1.82) is 0 Å². The van der Waals surface area contributed by atoms with E-state index in [1.54, 1.807) is 21.3 Å². The van der Waals surface area contributed by atoms with Crippen LogP contribution in [-0.2, 0) is 30.4 Å². The fourth-order valence-corrected chi connectivity index (χ4v) is 14.9. The average Bonchev–Trinajstić information content (AvgIpc) is 1.65. The highest BCUT2D eigenvalue weighted by Crippen LogP contribution is 2.45. The molecule has 6 heterocycles. The van der Waals surface area contributed by atoms with E-state index in [0.717, 1.165) is 120 Å². The number of carboxylic acid groups (broad SMARTS) is 4. The lowest BCUT2D eigenvalue weighted by Crippen LogP contribution is -2.45. The van der Waals surface area contributed by atoms with Gasteiger partial charge in [-0.3, -0.25) is 28.9 Å². The second kappa shape index (κ2) is 34.6. The number of aryl methyl sites for hydroxylation is 1. The molecule has 4 fully saturated rings. The van der Waals surface area contributed by atoms with Crippen LogP contribution in [0, 0.1) is 23.7 Å². The van der Waals surface area contributed by atoms with E-state index in [0.29, 0.717) is 36.6 Å². The Bertz CT molecular complexity index is 3240. The van der Waals surface area contributed by atoms with E-state index in [1.165, 1.54) is 0 Å².